The molecule has 0 N–H and O–H groups in total. The number of ether oxygens (including phenoxy) is 2. The third-order valence-corrected chi connectivity index (χ3v) is 1.86. The highest BCUT2D eigenvalue weighted by Gasteiger charge is 2.18. The molecule has 4 heteroatoms. The molecule has 1 rings (SSSR count). The van der Waals surface area contributed by atoms with Crippen LogP contribution in [0.15, 0.2) is 23.3 Å². The highest BCUT2D eigenvalue weighted by molar-refractivity contribution is 5.75. The predicted octanol–water partition coefficient (Wildman–Crippen LogP) is 0.519. The number of hydrogen-bond acceptors (Lipinski definition) is 4. The second kappa shape index (κ2) is 3.98. The molecule has 0 aromatic rings. The largest absolute Gasteiger partial charge is 0.491 e. The number of carbonyl (C=O) groups is 1. The molecule has 13 heavy (non-hydrogen) atoms. The first-order chi connectivity index (χ1) is 6.22. The summed E-state index contributed by atoms with van der Waals surface area (Å²) < 4.78 is 10.2. The summed E-state index contributed by atoms with van der Waals surface area (Å²) in [5, 5.41) is 0. The minimum absolute atomic E-state index is 0.555. The number of aldehydes is 1. The number of likely N-dealkylation sites (N-methyl/N-ethyl adjacent to an activating group) is 1. The zero-order chi connectivity index (χ0) is 9.84. The molecule has 0 fully saturated rings. The second-order valence-electron chi connectivity index (χ2n) is 2.77. The zero-order valence-electron chi connectivity index (χ0n) is 8.03. The molecule has 1 aliphatic heterocycles. The van der Waals surface area contributed by atoms with Crippen LogP contribution in [0.5, 0.6) is 0 Å². The number of hydrogen-bond donors (Lipinski definition) is 0. The van der Waals surface area contributed by atoms with Gasteiger partial charge in [-0.3, -0.25) is 4.79 Å². The molecule has 0 saturated heterocycles. The van der Waals surface area contributed by atoms with Crippen molar-refractivity contribution in [2.45, 2.75) is 0 Å². The average Bonchev–Trinajstić information content (AvgIpc) is 2.16. The van der Waals surface area contributed by atoms with Gasteiger partial charge in [-0.15, -0.1) is 0 Å². The zero-order valence-corrected chi connectivity index (χ0v) is 8.03. The van der Waals surface area contributed by atoms with Gasteiger partial charge in [0.25, 0.3) is 0 Å². The van der Waals surface area contributed by atoms with E-state index in [2.05, 4.69) is 0 Å². The highest BCUT2D eigenvalue weighted by Crippen LogP contribution is 2.19. The van der Waals surface area contributed by atoms with Crippen LogP contribution < -0.4 is 0 Å². The van der Waals surface area contributed by atoms with Gasteiger partial charge in [-0.1, -0.05) is 0 Å². The Bertz CT molecular complexity index is 268. The molecule has 0 saturated carbocycles. The number of methoxy groups -OCH3 is 2. The molecule has 1 aliphatic rings. The third-order valence-electron chi connectivity index (χ3n) is 1.86. The van der Waals surface area contributed by atoms with Gasteiger partial charge in [0.2, 0.25) is 5.88 Å². The first kappa shape index (κ1) is 9.64. The fraction of sp³-hybridized carbons (Fsp3) is 0.444. The summed E-state index contributed by atoms with van der Waals surface area (Å²) in [7, 11) is 4.96. The van der Waals surface area contributed by atoms with Crippen molar-refractivity contribution >= 4 is 6.29 Å². The van der Waals surface area contributed by atoms with Gasteiger partial charge in [0.1, 0.15) is 6.29 Å². The van der Waals surface area contributed by atoms with Crippen LogP contribution in [0.2, 0.25) is 0 Å². The van der Waals surface area contributed by atoms with Gasteiger partial charge < -0.3 is 14.4 Å². The molecule has 0 spiro atoms. The monoisotopic (exact) mass is 183 g/mol. The van der Waals surface area contributed by atoms with Crippen LogP contribution in [0, 0.1) is 0 Å². The Kier molecular flexibility index (Phi) is 2.95. The van der Waals surface area contributed by atoms with Crippen LogP contribution in [0.1, 0.15) is 0 Å². The van der Waals surface area contributed by atoms with E-state index in [1.54, 1.807) is 20.3 Å². The summed E-state index contributed by atoms with van der Waals surface area (Å²) in [6, 6.07) is 0. The average molecular weight is 183 g/mol. The van der Waals surface area contributed by atoms with Crippen molar-refractivity contribution in [3.05, 3.63) is 23.3 Å². The van der Waals surface area contributed by atoms with Gasteiger partial charge in [-0.05, 0) is 6.08 Å². The van der Waals surface area contributed by atoms with Gasteiger partial charge in [0.15, 0.2) is 5.76 Å². The third kappa shape index (κ3) is 1.83. The summed E-state index contributed by atoms with van der Waals surface area (Å²) in [5.74, 6) is 1.23. The molecule has 4 nitrogen and oxygen atoms in total. The Labute approximate surface area is 77.4 Å². The minimum atomic E-state index is 0.555. The van der Waals surface area contributed by atoms with Crippen molar-refractivity contribution in [1.29, 1.82) is 0 Å². The predicted molar refractivity (Wildman–Crippen MR) is 47.8 cm³/mol. The topological polar surface area (TPSA) is 38.8 Å². The van der Waals surface area contributed by atoms with E-state index >= 15 is 0 Å². The minimum Gasteiger partial charge on any atom is -0.491 e. The van der Waals surface area contributed by atoms with Gasteiger partial charge in [0.05, 0.1) is 14.2 Å². The first-order valence-corrected chi connectivity index (χ1v) is 3.92. The van der Waals surface area contributed by atoms with Crippen LogP contribution in [0.4, 0.5) is 0 Å². The van der Waals surface area contributed by atoms with Gasteiger partial charge in [-0.25, -0.2) is 0 Å². The Balaban J connectivity index is 3.01. The Morgan fingerprint density at radius 1 is 1.46 bits per heavy atom. The summed E-state index contributed by atoms with van der Waals surface area (Å²) in [4.78, 5) is 12.4. The van der Waals surface area contributed by atoms with Crippen LogP contribution in [0.25, 0.3) is 0 Å². The Morgan fingerprint density at radius 2 is 2.15 bits per heavy atom. The van der Waals surface area contributed by atoms with Crippen molar-refractivity contribution < 1.29 is 14.3 Å². The fourth-order valence-electron chi connectivity index (χ4n) is 1.28. The SMILES string of the molecule is COC1=C(OC)N(C)CC(C=O)=C1. The molecule has 1 heterocycles. The maximum absolute atomic E-state index is 10.5. The van der Waals surface area contributed by atoms with E-state index < -0.39 is 0 Å². The summed E-state index contributed by atoms with van der Waals surface area (Å²) >= 11 is 0. The number of allylic oxidation sites excluding steroid dienone is 1. The van der Waals surface area contributed by atoms with Gasteiger partial charge in [-0.2, -0.15) is 0 Å². The standard InChI is InChI=1S/C9H13NO3/c1-10-5-7(6-11)4-8(12-2)9(10)13-3/h4,6H,5H2,1-3H3. The lowest BCUT2D eigenvalue weighted by Crippen LogP contribution is -2.27. The van der Waals surface area contributed by atoms with Crippen molar-refractivity contribution in [2.24, 2.45) is 0 Å². The van der Waals surface area contributed by atoms with Crippen LogP contribution in [-0.4, -0.2) is 39.0 Å². The maximum Gasteiger partial charge on any atom is 0.232 e. The van der Waals surface area contributed by atoms with Crippen LogP contribution in [0.3, 0.4) is 0 Å². The van der Waals surface area contributed by atoms with E-state index in [0.717, 1.165) is 6.29 Å². The van der Waals surface area contributed by atoms with E-state index in [1.807, 2.05) is 11.9 Å². The smallest absolute Gasteiger partial charge is 0.232 e. The lowest BCUT2D eigenvalue weighted by Gasteiger charge is -2.26. The molecule has 0 atom stereocenters. The molecule has 0 unspecified atom stereocenters. The molecular formula is C9H13NO3. The van der Waals surface area contributed by atoms with Gasteiger partial charge in [0, 0.05) is 19.2 Å². The molecule has 0 bridgehead atoms. The van der Waals surface area contributed by atoms with E-state index in [4.69, 9.17) is 9.47 Å². The van der Waals surface area contributed by atoms with Crippen LogP contribution >= 0.6 is 0 Å². The molecule has 0 aliphatic carbocycles. The molecule has 0 aromatic heterocycles. The van der Waals surface area contributed by atoms with E-state index in [-0.39, 0.29) is 0 Å². The Hall–Kier alpha value is -1.45. The fourth-order valence-corrected chi connectivity index (χ4v) is 1.28. The molecule has 72 valence electrons. The first-order valence-electron chi connectivity index (χ1n) is 3.92. The van der Waals surface area contributed by atoms with E-state index in [0.29, 0.717) is 23.8 Å². The molecule has 0 radical (unpaired) electrons. The number of carbonyl (C=O) groups excluding carboxylic acids is 1. The summed E-state index contributed by atoms with van der Waals surface area (Å²) in [6.45, 7) is 0.555. The summed E-state index contributed by atoms with van der Waals surface area (Å²) in [5.41, 5.74) is 0.681. The van der Waals surface area contributed by atoms with Crippen molar-refractivity contribution in [3.8, 4) is 0 Å². The molecule has 0 aromatic carbocycles. The maximum atomic E-state index is 10.5. The lowest BCUT2D eigenvalue weighted by molar-refractivity contribution is -0.105. The van der Waals surface area contributed by atoms with E-state index in [1.165, 1.54) is 0 Å². The van der Waals surface area contributed by atoms with Crippen molar-refractivity contribution in [2.75, 3.05) is 27.8 Å². The van der Waals surface area contributed by atoms with Crippen molar-refractivity contribution in [1.82, 2.24) is 4.90 Å². The van der Waals surface area contributed by atoms with Crippen molar-refractivity contribution in [3.63, 3.8) is 0 Å². The molecule has 0 amide bonds. The summed E-state index contributed by atoms with van der Waals surface area (Å²) in [6.07, 6.45) is 2.51. The Morgan fingerprint density at radius 3 is 2.62 bits per heavy atom. The number of rotatable bonds is 3. The lowest BCUT2D eigenvalue weighted by atomic mass is 10.2. The second-order valence-corrected chi connectivity index (χ2v) is 2.77. The quantitative estimate of drug-likeness (QED) is 0.598. The van der Waals surface area contributed by atoms with Gasteiger partial charge >= 0.3 is 0 Å². The van der Waals surface area contributed by atoms with Crippen LogP contribution in [-0.2, 0) is 14.3 Å². The molecular weight excluding hydrogens is 170 g/mol. The number of nitrogens with zero attached hydrogens (tertiary/aromatic N) is 1. The highest BCUT2D eigenvalue weighted by atomic mass is 16.5. The van der Waals surface area contributed by atoms with E-state index in [9.17, 15) is 4.79 Å². The normalized spacial score (nSPS) is 16.8.